The first kappa shape index (κ1) is 16.1. The van der Waals surface area contributed by atoms with E-state index < -0.39 is 6.03 Å². The number of nitrogens with two attached hydrogens (primary N) is 1. The van der Waals surface area contributed by atoms with Crippen molar-refractivity contribution in [1.29, 1.82) is 0 Å². The van der Waals surface area contributed by atoms with E-state index in [0.717, 1.165) is 37.6 Å². The number of primary amides is 1. The summed E-state index contributed by atoms with van der Waals surface area (Å²) in [7, 11) is 1.65. The molecule has 7 heteroatoms. The van der Waals surface area contributed by atoms with Crippen LogP contribution >= 0.6 is 0 Å². The summed E-state index contributed by atoms with van der Waals surface area (Å²) in [5.74, 6) is 0.469. The van der Waals surface area contributed by atoms with Gasteiger partial charge in [0, 0.05) is 37.9 Å². The molecular formula is C15H22N4O3. The number of piperazine rings is 1. The number of hydrogen-bond donors (Lipinski definition) is 2. The van der Waals surface area contributed by atoms with Gasteiger partial charge in [-0.15, -0.1) is 0 Å². The number of nitrogens with zero attached hydrogens (tertiary/aromatic N) is 2. The summed E-state index contributed by atoms with van der Waals surface area (Å²) in [4.78, 5) is 26.8. The molecule has 3 N–H and O–H groups in total. The first-order chi connectivity index (χ1) is 10.5. The van der Waals surface area contributed by atoms with Gasteiger partial charge in [-0.1, -0.05) is 6.07 Å². The molecule has 3 amide bonds. The molecule has 0 radical (unpaired) electrons. The first-order valence-electron chi connectivity index (χ1n) is 7.24. The summed E-state index contributed by atoms with van der Waals surface area (Å²) in [6.45, 7) is 4.87. The second-order valence-electron chi connectivity index (χ2n) is 5.25. The van der Waals surface area contributed by atoms with E-state index in [2.05, 4.69) is 10.2 Å². The van der Waals surface area contributed by atoms with E-state index in [1.807, 2.05) is 29.2 Å². The molecule has 1 heterocycles. The number of carbonyl (C=O) groups is 2. The highest BCUT2D eigenvalue weighted by molar-refractivity contribution is 5.96. The lowest BCUT2D eigenvalue weighted by atomic mass is 10.2. The zero-order chi connectivity index (χ0) is 16.1. The van der Waals surface area contributed by atoms with E-state index in [9.17, 15) is 9.59 Å². The molecule has 0 spiro atoms. The van der Waals surface area contributed by atoms with Gasteiger partial charge in [0.15, 0.2) is 0 Å². The first-order valence-corrected chi connectivity index (χ1v) is 7.24. The van der Waals surface area contributed by atoms with Crippen LogP contribution in [0.2, 0.25) is 0 Å². The number of benzene rings is 1. The number of methoxy groups -OCH3 is 1. The van der Waals surface area contributed by atoms with Gasteiger partial charge in [0.1, 0.15) is 5.75 Å². The Morgan fingerprint density at radius 2 is 1.95 bits per heavy atom. The average molecular weight is 306 g/mol. The monoisotopic (exact) mass is 306 g/mol. The lowest BCUT2D eigenvalue weighted by Crippen LogP contribution is -2.55. The van der Waals surface area contributed by atoms with Gasteiger partial charge in [-0.05, 0) is 19.1 Å². The van der Waals surface area contributed by atoms with Crippen LogP contribution in [0.3, 0.4) is 0 Å². The second-order valence-corrected chi connectivity index (χ2v) is 5.25. The quantitative estimate of drug-likeness (QED) is 0.841. The number of ether oxygens (including phenoxy) is 1. The summed E-state index contributed by atoms with van der Waals surface area (Å²) in [6, 6.07) is 6.73. The summed E-state index contributed by atoms with van der Waals surface area (Å²) < 4.78 is 5.24. The Hall–Kier alpha value is -2.28. The number of nitrogens with one attached hydrogen (secondary N) is 1. The predicted molar refractivity (Wildman–Crippen MR) is 84.0 cm³/mol. The van der Waals surface area contributed by atoms with Gasteiger partial charge in [0.2, 0.25) is 5.91 Å². The maximum atomic E-state index is 11.8. The fourth-order valence-electron chi connectivity index (χ4n) is 2.57. The molecule has 7 nitrogen and oxygen atoms in total. The third-order valence-electron chi connectivity index (χ3n) is 3.91. The SMILES string of the molecule is COc1cccc(N2CCN(C(C)C(=O)NC(N)=O)CC2)c1. The fraction of sp³-hybridized carbons (Fsp3) is 0.467. The molecule has 1 aliphatic rings. The van der Waals surface area contributed by atoms with E-state index in [1.54, 1.807) is 14.0 Å². The van der Waals surface area contributed by atoms with Gasteiger partial charge in [-0.25, -0.2) is 4.79 Å². The maximum absolute atomic E-state index is 11.8. The Labute approximate surface area is 130 Å². The van der Waals surface area contributed by atoms with Crippen LogP contribution in [0.15, 0.2) is 24.3 Å². The third kappa shape index (κ3) is 3.88. The van der Waals surface area contributed by atoms with Crippen molar-refractivity contribution in [3.05, 3.63) is 24.3 Å². The van der Waals surface area contributed by atoms with Gasteiger partial charge >= 0.3 is 6.03 Å². The topological polar surface area (TPSA) is 87.9 Å². The van der Waals surface area contributed by atoms with Gasteiger partial charge in [0.05, 0.1) is 13.2 Å². The maximum Gasteiger partial charge on any atom is 0.318 e. The number of amides is 3. The molecule has 1 fully saturated rings. The number of carbonyl (C=O) groups excluding carboxylic acids is 2. The predicted octanol–water partition coefficient (Wildman–Crippen LogP) is 0.401. The van der Waals surface area contributed by atoms with Crippen LogP contribution in [-0.4, -0.2) is 56.2 Å². The minimum absolute atomic E-state index is 0.359. The summed E-state index contributed by atoms with van der Waals surface area (Å²) in [5.41, 5.74) is 6.08. The van der Waals surface area contributed by atoms with Crippen molar-refractivity contribution in [3.63, 3.8) is 0 Å². The van der Waals surface area contributed by atoms with Crippen molar-refractivity contribution < 1.29 is 14.3 Å². The van der Waals surface area contributed by atoms with Gasteiger partial charge in [-0.3, -0.25) is 15.0 Å². The van der Waals surface area contributed by atoms with E-state index in [-0.39, 0.29) is 11.9 Å². The number of hydrogen-bond acceptors (Lipinski definition) is 5. The number of urea groups is 1. The minimum atomic E-state index is -0.813. The van der Waals surface area contributed by atoms with Crippen molar-refractivity contribution in [2.24, 2.45) is 5.73 Å². The second kappa shape index (κ2) is 7.13. The van der Waals surface area contributed by atoms with Crippen LogP contribution in [-0.2, 0) is 4.79 Å². The number of imide groups is 1. The molecule has 1 aromatic carbocycles. The third-order valence-corrected chi connectivity index (χ3v) is 3.91. The number of rotatable bonds is 4. The molecule has 1 aromatic rings. The van der Waals surface area contributed by atoms with Crippen molar-refractivity contribution in [2.45, 2.75) is 13.0 Å². The zero-order valence-corrected chi connectivity index (χ0v) is 12.9. The van der Waals surface area contributed by atoms with Gasteiger partial charge in [-0.2, -0.15) is 0 Å². The Kier molecular flexibility index (Phi) is 5.21. The van der Waals surface area contributed by atoms with Gasteiger partial charge in [0.25, 0.3) is 0 Å². The largest absolute Gasteiger partial charge is 0.497 e. The standard InChI is InChI=1S/C15H22N4O3/c1-11(14(20)17-15(16)21)18-6-8-19(9-7-18)12-4-3-5-13(10-12)22-2/h3-5,10-11H,6-9H2,1-2H3,(H3,16,17,20,21). The van der Waals surface area contributed by atoms with Crippen LogP contribution in [0.25, 0.3) is 0 Å². The Morgan fingerprint density at radius 1 is 1.27 bits per heavy atom. The molecule has 0 aliphatic carbocycles. The Balaban J connectivity index is 1.92. The highest BCUT2D eigenvalue weighted by atomic mass is 16.5. The lowest BCUT2D eigenvalue weighted by Gasteiger charge is -2.38. The molecule has 2 rings (SSSR count). The number of anilines is 1. The summed E-state index contributed by atoms with van der Waals surface area (Å²) in [6.07, 6.45) is 0. The van der Waals surface area contributed by atoms with Crippen LogP contribution < -0.4 is 20.7 Å². The molecule has 120 valence electrons. The van der Waals surface area contributed by atoms with E-state index in [4.69, 9.17) is 10.5 Å². The van der Waals surface area contributed by atoms with E-state index in [1.165, 1.54) is 0 Å². The molecule has 1 unspecified atom stereocenters. The lowest BCUT2D eigenvalue weighted by molar-refractivity contribution is -0.124. The Morgan fingerprint density at radius 3 is 2.55 bits per heavy atom. The van der Waals surface area contributed by atoms with Crippen molar-refractivity contribution >= 4 is 17.6 Å². The average Bonchev–Trinajstić information content (AvgIpc) is 2.53. The molecule has 0 bridgehead atoms. The van der Waals surface area contributed by atoms with Crippen molar-refractivity contribution in [1.82, 2.24) is 10.2 Å². The summed E-state index contributed by atoms with van der Waals surface area (Å²) in [5, 5.41) is 2.13. The van der Waals surface area contributed by atoms with Crippen LogP contribution in [0.5, 0.6) is 5.75 Å². The zero-order valence-electron chi connectivity index (χ0n) is 12.9. The molecule has 0 aromatic heterocycles. The Bertz CT molecular complexity index is 541. The molecule has 1 saturated heterocycles. The molecular weight excluding hydrogens is 284 g/mol. The van der Waals surface area contributed by atoms with Gasteiger partial charge < -0.3 is 15.4 Å². The molecule has 0 saturated carbocycles. The van der Waals surface area contributed by atoms with Crippen LogP contribution in [0.4, 0.5) is 10.5 Å². The molecule has 22 heavy (non-hydrogen) atoms. The summed E-state index contributed by atoms with van der Waals surface area (Å²) >= 11 is 0. The molecule has 1 atom stereocenters. The van der Waals surface area contributed by atoms with Crippen molar-refractivity contribution in [2.75, 3.05) is 38.2 Å². The minimum Gasteiger partial charge on any atom is -0.497 e. The van der Waals surface area contributed by atoms with E-state index >= 15 is 0 Å². The molecule has 1 aliphatic heterocycles. The highest BCUT2D eigenvalue weighted by Crippen LogP contribution is 2.22. The normalized spacial score (nSPS) is 16.9. The fourth-order valence-corrected chi connectivity index (χ4v) is 2.57. The van der Waals surface area contributed by atoms with Crippen LogP contribution in [0.1, 0.15) is 6.92 Å². The smallest absolute Gasteiger partial charge is 0.318 e. The highest BCUT2D eigenvalue weighted by Gasteiger charge is 2.26. The van der Waals surface area contributed by atoms with Crippen molar-refractivity contribution in [3.8, 4) is 5.75 Å². The van der Waals surface area contributed by atoms with Crippen LogP contribution in [0, 0.1) is 0 Å². The van der Waals surface area contributed by atoms with E-state index in [0.29, 0.717) is 0 Å².